The molecule has 0 aromatic heterocycles. The van der Waals surface area contributed by atoms with Crippen LogP contribution in [-0.2, 0) is 4.74 Å². The molecule has 1 fully saturated rings. The van der Waals surface area contributed by atoms with Crippen molar-refractivity contribution in [1.82, 2.24) is 4.90 Å². The van der Waals surface area contributed by atoms with Crippen molar-refractivity contribution in [2.75, 3.05) is 33.4 Å². The van der Waals surface area contributed by atoms with Crippen LogP contribution in [0.5, 0.6) is 0 Å². The van der Waals surface area contributed by atoms with Crippen LogP contribution in [-0.4, -0.2) is 44.3 Å². The Kier molecular flexibility index (Phi) is 6.51. The largest absolute Gasteiger partial charge is 0.378 e. The quantitative estimate of drug-likeness (QED) is 0.645. The molecule has 0 aromatic rings. The summed E-state index contributed by atoms with van der Waals surface area (Å²) in [5, 5.41) is 0. The van der Waals surface area contributed by atoms with Gasteiger partial charge in [0.25, 0.3) is 0 Å². The Bertz CT molecular complexity index is 84.2. The van der Waals surface area contributed by atoms with Gasteiger partial charge in [-0.05, 0) is 7.05 Å². The fourth-order valence-corrected chi connectivity index (χ4v) is 0.864. The first-order valence-electron chi connectivity index (χ1n) is 4.32. The molecule has 1 aliphatic heterocycles. The van der Waals surface area contributed by atoms with E-state index in [-0.39, 0.29) is 0 Å². The van der Waals surface area contributed by atoms with E-state index in [9.17, 15) is 0 Å². The SMILES string of the molecule is CC.CN(CCN)C1COC1. The Morgan fingerprint density at radius 3 is 2.27 bits per heavy atom. The number of hydrogen-bond acceptors (Lipinski definition) is 3. The maximum absolute atomic E-state index is 5.36. The van der Waals surface area contributed by atoms with Crippen molar-refractivity contribution in [3.8, 4) is 0 Å². The van der Waals surface area contributed by atoms with Crippen LogP contribution in [0.4, 0.5) is 0 Å². The van der Waals surface area contributed by atoms with Crippen LogP contribution in [0.15, 0.2) is 0 Å². The lowest BCUT2D eigenvalue weighted by Crippen LogP contribution is -2.48. The second-order valence-corrected chi connectivity index (χ2v) is 2.46. The monoisotopic (exact) mass is 160 g/mol. The average molecular weight is 160 g/mol. The molecule has 1 rings (SSSR count). The number of rotatable bonds is 3. The van der Waals surface area contributed by atoms with E-state index in [4.69, 9.17) is 10.5 Å². The third kappa shape index (κ3) is 3.70. The molecule has 3 heteroatoms. The smallest absolute Gasteiger partial charge is 0.0645 e. The predicted octanol–water partition coefficient (Wildman–Crippen LogP) is 0.302. The molecule has 0 aliphatic carbocycles. The van der Waals surface area contributed by atoms with Crippen LogP contribution >= 0.6 is 0 Å². The van der Waals surface area contributed by atoms with Gasteiger partial charge < -0.3 is 10.5 Å². The molecule has 3 nitrogen and oxygen atoms in total. The maximum Gasteiger partial charge on any atom is 0.0645 e. The number of ether oxygens (including phenoxy) is 1. The van der Waals surface area contributed by atoms with Gasteiger partial charge in [-0.2, -0.15) is 0 Å². The van der Waals surface area contributed by atoms with Crippen LogP contribution in [0.2, 0.25) is 0 Å². The zero-order valence-electron chi connectivity index (χ0n) is 7.84. The number of nitrogens with zero attached hydrogens (tertiary/aromatic N) is 1. The summed E-state index contributed by atoms with van der Waals surface area (Å²) in [6.45, 7) is 7.49. The molecule has 1 saturated heterocycles. The fourth-order valence-electron chi connectivity index (χ4n) is 0.864. The first-order chi connectivity index (χ1) is 5.34. The van der Waals surface area contributed by atoms with Gasteiger partial charge in [0.2, 0.25) is 0 Å². The molecule has 11 heavy (non-hydrogen) atoms. The van der Waals surface area contributed by atoms with E-state index in [0.29, 0.717) is 6.04 Å². The molecule has 1 heterocycles. The molecule has 0 radical (unpaired) electrons. The summed E-state index contributed by atoms with van der Waals surface area (Å²) in [6.07, 6.45) is 0. The summed E-state index contributed by atoms with van der Waals surface area (Å²) in [7, 11) is 2.08. The number of hydrogen-bond donors (Lipinski definition) is 1. The topological polar surface area (TPSA) is 38.5 Å². The van der Waals surface area contributed by atoms with Gasteiger partial charge in [-0.3, -0.25) is 4.90 Å². The van der Waals surface area contributed by atoms with E-state index >= 15 is 0 Å². The average Bonchev–Trinajstić information content (AvgIpc) is 1.89. The van der Waals surface area contributed by atoms with Crippen molar-refractivity contribution >= 4 is 0 Å². The maximum atomic E-state index is 5.36. The van der Waals surface area contributed by atoms with Crippen molar-refractivity contribution in [2.45, 2.75) is 19.9 Å². The summed E-state index contributed by atoms with van der Waals surface area (Å²) < 4.78 is 5.02. The van der Waals surface area contributed by atoms with E-state index < -0.39 is 0 Å². The van der Waals surface area contributed by atoms with Gasteiger partial charge in [0.15, 0.2) is 0 Å². The molecular formula is C8H20N2O. The minimum atomic E-state index is 0.633. The van der Waals surface area contributed by atoms with Gasteiger partial charge >= 0.3 is 0 Å². The highest BCUT2D eigenvalue weighted by Gasteiger charge is 2.21. The molecule has 0 amide bonds. The van der Waals surface area contributed by atoms with Crippen molar-refractivity contribution in [1.29, 1.82) is 0 Å². The van der Waals surface area contributed by atoms with E-state index in [2.05, 4.69) is 11.9 Å². The highest BCUT2D eigenvalue weighted by Crippen LogP contribution is 2.06. The Morgan fingerprint density at radius 1 is 1.45 bits per heavy atom. The molecule has 0 saturated carbocycles. The zero-order chi connectivity index (χ0) is 8.69. The summed E-state index contributed by atoms with van der Waals surface area (Å²) in [5.41, 5.74) is 5.36. The minimum Gasteiger partial charge on any atom is -0.378 e. The van der Waals surface area contributed by atoms with Crippen LogP contribution in [0.3, 0.4) is 0 Å². The lowest BCUT2D eigenvalue weighted by Gasteiger charge is -2.34. The van der Waals surface area contributed by atoms with Crippen LogP contribution < -0.4 is 5.73 Å². The van der Waals surface area contributed by atoms with E-state index in [1.54, 1.807) is 0 Å². The van der Waals surface area contributed by atoms with Crippen LogP contribution in [0, 0.1) is 0 Å². The molecule has 0 aromatic carbocycles. The Hall–Kier alpha value is -0.120. The summed E-state index contributed by atoms with van der Waals surface area (Å²) in [6, 6.07) is 0.633. The van der Waals surface area contributed by atoms with Gasteiger partial charge in [0.05, 0.1) is 19.3 Å². The van der Waals surface area contributed by atoms with Gasteiger partial charge in [-0.1, -0.05) is 13.8 Å². The second kappa shape index (κ2) is 6.58. The van der Waals surface area contributed by atoms with Crippen molar-refractivity contribution in [3.63, 3.8) is 0 Å². The zero-order valence-corrected chi connectivity index (χ0v) is 7.84. The van der Waals surface area contributed by atoms with Gasteiger partial charge in [-0.25, -0.2) is 0 Å². The molecule has 0 bridgehead atoms. The van der Waals surface area contributed by atoms with Crippen molar-refractivity contribution in [2.24, 2.45) is 5.73 Å². The molecule has 1 aliphatic rings. The minimum absolute atomic E-state index is 0.633. The van der Waals surface area contributed by atoms with Gasteiger partial charge in [0, 0.05) is 13.1 Å². The first-order valence-corrected chi connectivity index (χ1v) is 4.32. The number of nitrogens with two attached hydrogens (primary N) is 1. The second-order valence-electron chi connectivity index (χ2n) is 2.46. The Morgan fingerprint density at radius 2 is 2.00 bits per heavy atom. The summed E-state index contributed by atoms with van der Waals surface area (Å²) >= 11 is 0. The highest BCUT2D eigenvalue weighted by atomic mass is 16.5. The van der Waals surface area contributed by atoms with E-state index in [1.165, 1.54) is 0 Å². The third-order valence-electron chi connectivity index (χ3n) is 1.73. The molecule has 2 N–H and O–H groups in total. The molecule has 0 unspecified atom stereocenters. The molecule has 0 spiro atoms. The van der Waals surface area contributed by atoms with Crippen molar-refractivity contribution in [3.05, 3.63) is 0 Å². The van der Waals surface area contributed by atoms with Crippen LogP contribution in [0.1, 0.15) is 13.8 Å². The van der Waals surface area contributed by atoms with E-state index in [1.807, 2.05) is 13.8 Å². The highest BCUT2D eigenvalue weighted by molar-refractivity contribution is 4.74. The standard InChI is InChI=1S/C6H14N2O.C2H6/c1-8(3-2-7)6-4-9-5-6;1-2/h6H,2-5,7H2,1H3;1-2H3. The number of likely N-dealkylation sites (N-methyl/N-ethyl adjacent to an activating group) is 1. The lowest BCUT2D eigenvalue weighted by molar-refractivity contribution is -0.0549. The lowest BCUT2D eigenvalue weighted by atomic mass is 10.2. The normalized spacial score (nSPS) is 17.2. The van der Waals surface area contributed by atoms with Crippen molar-refractivity contribution < 1.29 is 4.74 Å². The Labute approximate surface area is 69.5 Å². The third-order valence-corrected chi connectivity index (χ3v) is 1.73. The Balaban J connectivity index is 0.000000461. The summed E-state index contributed by atoms with van der Waals surface area (Å²) in [5.74, 6) is 0. The summed E-state index contributed by atoms with van der Waals surface area (Å²) in [4.78, 5) is 2.24. The van der Waals surface area contributed by atoms with E-state index in [0.717, 1.165) is 26.3 Å². The molecular weight excluding hydrogens is 140 g/mol. The fraction of sp³-hybridized carbons (Fsp3) is 1.00. The van der Waals surface area contributed by atoms with Crippen LogP contribution in [0.25, 0.3) is 0 Å². The van der Waals surface area contributed by atoms with Gasteiger partial charge in [0.1, 0.15) is 0 Å². The predicted molar refractivity (Wildman–Crippen MR) is 47.6 cm³/mol. The molecule has 0 atom stereocenters. The van der Waals surface area contributed by atoms with Gasteiger partial charge in [-0.15, -0.1) is 0 Å². The first kappa shape index (κ1) is 10.9. The molecule has 68 valence electrons.